The Kier molecular flexibility index (Phi) is 11.3. The second-order valence-electron chi connectivity index (χ2n) is 13.3. The van der Waals surface area contributed by atoms with Gasteiger partial charge in [-0.3, -0.25) is 34.8 Å². The van der Waals surface area contributed by atoms with Crippen LogP contribution in [-0.2, 0) is 30.2 Å². The van der Waals surface area contributed by atoms with Gasteiger partial charge in [-0.15, -0.1) is 34.9 Å². The molecule has 1 aromatic carbocycles. The molecule has 21 nitrogen and oxygen atoms in total. The number of anilines is 1. The van der Waals surface area contributed by atoms with Gasteiger partial charge in [0.15, 0.2) is 28.0 Å². The van der Waals surface area contributed by atoms with Crippen LogP contribution in [0.4, 0.5) is 18.3 Å². The molecule has 2 aliphatic heterocycles. The molecule has 4 aromatic rings. The summed E-state index contributed by atoms with van der Waals surface area (Å²) in [6, 6.07) is 2.58. The number of alkyl halides is 3. The molecule has 59 heavy (non-hydrogen) atoms. The maximum Gasteiger partial charge on any atom is 0.433 e. The number of aromatic hydroxyl groups is 2. The first-order chi connectivity index (χ1) is 27.6. The third-order valence-corrected chi connectivity index (χ3v) is 12.3. The fourth-order valence-corrected chi connectivity index (χ4v) is 8.88. The summed E-state index contributed by atoms with van der Waals surface area (Å²) in [6.07, 6.45) is -4.16. The molecule has 2 unspecified atom stereocenters. The zero-order valence-corrected chi connectivity index (χ0v) is 32.5. The molecule has 3 aromatic heterocycles. The number of fused-ring (bicyclic) bond motifs is 2. The third kappa shape index (κ3) is 8.46. The van der Waals surface area contributed by atoms with Gasteiger partial charge in [0.25, 0.3) is 17.7 Å². The predicted octanol–water partition coefficient (Wildman–Crippen LogP) is 1.12. The van der Waals surface area contributed by atoms with Gasteiger partial charge in [0.2, 0.25) is 11.5 Å². The monoisotopic (exact) mass is 882 g/mol. The lowest BCUT2D eigenvalue weighted by atomic mass is 9.89. The van der Waals surface area contributed by atoms with E-state index in [1.807, 2.05) is 0 Å². The van der Waals surface area contributed by atoms with Gasteiger partial charge in [0.05, 0.1) is 6.20 Å². The summed E-state index contributed by atoms with van der Waals surface area (Å²) in [5, 5.41) is 49.4. The molecule has 2 aliphatic rings. The molecule has 0 saturated carbocycles. The lowest BCUT2D eigenvalue weighted by Crippen LogP contribution is -2.74. The minimum atomic E-state index is -4.98. The van der Waals surface area contributed by atoms with Gasteiger partial charge in [-0.25, -0.2) is 19.3 Å². The van der Waals surface area contributed by atoms with E-state index in [-0.39, 0.29) is 32.9 Å². The molecule has 0 aliphatic carbocycles. The Morgan fingerprint density at radius 2 is 1.83 bits per heavy atom. The van der Waals surface area contributed by atoms with Crippen molar-refractivity contribution in [3.05, 3.63) is 58.4 Å². The highest BCUT2D eigenvalue weighted by Gasteiger charge is 2.58. The van der Waals surface area contributed by atoms with Crippen LogP contribution < -0.4 is 21.9 Å². The molecule has 27 heteroatoms. The average Bonchev–Trinajstić information content (AvgIpc) is 3.81. The van der Waals surface area contributed by atoms with Crippen molar-refractivity contribution in [2.45, 2.75) is 42.1 Å². The molecule has 5 heterocycles. The van der Waals surface area contributed by atoms with E-state index < -0.39 is 105 Å². The number of aromatic carboxylic acids is 1. The summed E-state index contributed by atoms with van der Waals surface area (Å²) < 4.78 is 42.0. The van der Waals surface area contributed by atoms with Crippen LogP contribution >= 0.6 is 34.9 Å². The Balaban J connectivity index is 1.13. The van der Waals surface area contributed by atoms with Crippen LogP contribution in [0.5, 0.6) is 11.5 Å². The van der Waals surface area contributed by atoms with Crippen LogP contribution in [0.25, 0.3) is 5.65 Å². The molecular weight excluding hydrogens is 854 g/mol. The number of thiazole rings is 1. The first-order valence-corrected chi connectivity index (χ1v) is 19.4. The Bertz CT molecular complexity index is 2440. The van der Waals surface area contributed by atoms with Crippen LogP contribution in [-0.4, -0.2) is 121 Å². The number of carboxylic acids is 2. The number of nitrogens with two attached hydrogens (primary N) is 1. The van der Waals surface area contributed by atoms with Crippen molar-refractivity contribution in [3.63, 3.8) is 0 Å². The number of halogens is 3. The third-order valence-electron chi connectivity index (χ3n) is 8.76. The van der Waals surface area contributed by atoms with Gasteiger partial charge in [-0.2, -0.15) is 18.3 Å². The number of amides is 4. The summed E-state index contributed by atoms with van der Waals surface area (Å²) >= 11 is 2.56. The van der Waals surface area contributed by atoms with Gasteiger partial charge in [0.1, 0.15) is 38.8 Å². The number of thioether (sulfide) groups is 2. The number of nitrogen functional groups attached to an aromatic ring is 1. The number of phenols is 2. The summed E-state index contributed by atoms with van der Waals surface area (Å²) in [5.74, 6) is -8.09. The Hall–Kier alpha value is -6.35. The molecule has 2 saturated heterocycles. The molecule has 312 valence electrons. The minimum Gasteiger partial charge on any atom is -0.504 e. The van der Waals surface area contributed by atoms with Crippen LogP contribution in [0.2, 0.25) is 0 Å². The van der Waals surface area contributed by atoms with Gasteiger partial charge in [-0.05, 0) is 32.0 Å². The standard InChI is InChI=1S/C32H29F3N10O11S3/c1-30(2,27(53)42-41-22(48)12-3-4-15(46)16(47)5-12)56-43-19(14-8-57-29(36)38-14)23(49)40-20-24(50)44-9-31(28(54)55,11-59-25(20)44)10-58-18-6-17(32(33,34)35)39-21-13(26(51)52)7-37-45(18)21/h3-8,20,25,46-47H,9-11H2,1-2H3,(H2,36,38)(H,40,49)(H,41,48)(H,42,53)(H,51,52)(H,54,55)/t20?,25-,31?/m1/s1. The zero-order chi connectivity index (χ0) is 43.2. The van der Waals surface area contributed by atoms with E-state index in [0.29, 0.717) is 17.8 Å². The quantitative estimate of drug-likeness (QED) is 0.0247. The smallest absolute Gasteiger partial charge is 0.433 e. The Morgan fingerprint density at radius 1 is 1.10 bits per heavy atom. The van der Waals surface area contributed by atoms with E-state index >= 15 is 0 Å². The molecule has 0 radical (unpaired) electrons. The van der Waals surface area contributed by atoms with Gasteiger partial charge in [-0.1, -0.05) is 5.16 Å². The first kappa shape index (κ1) is 42.3. The highest BCUT2D eigenvalue weighted by Crippen LogP contribution is 2.45. The predicted molar refractivity (Wildman–Crippen MR) is 199 cm³/mol. The van der Waals surface area contributed by atoms with Crippen molar-refractivity contribution in [3.8, 4) is 11.5 Å². The summed E-state index contributed by atoms with van der Waals surface area (Å²) in [7, 11) is 0. The van der Waals surface area contributed by atoms with E-state index in [1.165, 1.54) is 30.2 Å². The SMILES string of the molecule is CC(C)(ON=C(C(=O)NC1C(=O)N2CC(CSc3cc(C(F)(F)F)nc4c(C(=O)O)cnn34)(C(=O)O)CS[C@H]12)c1csc(N)n1)C(=O)NNC(=O)c1ccc(O)c(O)c1. The number of nitrogens with zero attached hydrogens (tertiary/aromatic N) is 6. The Labute approximate surface area is 340 Å². The molecule has 4 amide bonds. The van der Waals surface area contributed by atoms with E-state index in [9.17, 15) is 62.4 Å². The van der Waals surface area contributed by atoms with Gasteiger partial charge < -0.3 is 41.2 Å². The number of carboxylic acid groups (broad SMARTS) is 2. The number of rotatable bonds is 12. The molecular formula is C32H29F3N10O11S3. The van der Waals surface area contributed by atoms with E-state index in [1.54, 1.807) is 0 Å². The van der Waals surface area contributed by atoms with Crippen molar-refractivity contribution >= 4 is 86.9 Å². The highest BCUT2D eigenvalue weighted by molar-refractivity contribution is 8.00. The number of phenolic OH excluding ortho intramolecular Hbond substituents is 2. The van der Waals surface area contributed by atoms with Crippen LogP contribution in [0.3, 0.4) is 0 Å². The molecule has 3 atom stereocenters. The number of aromatic nitrogens is 4. The summed E-state index contributed by atoms with van der Waals surface area (Å²) in [6.45, 7) is 2.07. The number of carbonyl (C=O) groups is 6. The lowest BCUT2D eigenvalue weighted by Gasteiger charge is -2.53. The molecule has 9 N–H and O–H groups in total. The van der Waals surface area contributed by atoms with Crippen molar-refractivity contribution < 1.29 is 67.2 Å². The second kappa shape index (κ2) is 15.8. The van der Waals surface area contributed by atoms with Crippen molar-refractivity contribution in [1.82, 2.24) is 40.7 Å². The number of hydrogen-bond acceptors (Lipinski definition) is 17. The van der Waals surface area contributed by atoms with E-state index in [0.717, 1.165) is 45.9 Å². The first-order valence-electron chi connectivity index (χ1n) is 16.5. The number of hydrazine groups is 1. The maximum atomic E-state index is 13.7. The number of nitrogens with one attached hydrogen (secondary N) is 3. The molecule has 6 rings (SSSR count). The number of carbonyl (C=O) groups excluding carboxylic acids is 4. The zero-order valence-electron chi connectivity index (χ0n) is 30.0. The van der Waals surface area contributed by atoms with E-state index in [4.69, 9.17) is 10.6 Å². The molecule has 0 bridgehead atoms. The summed E-state index contributed by atoms with van der Waals surface area (Å²) in [5.41, 5.74) is 3.01. The van der Waals surface area contributed by atoms with Crippen LogP contribution in [0, 0.1) is 5.41 Å². The summed E-state index contributed by atoms with van der Waals surface area (Å²) in [4.78, 5) is 90.7. The average molecular weight is 883 g/mol. The normalized spacial score (nSPS) is 19.4. The maximum absolute atomic E-state index is 13.7. The lowest BCUT2D eigenvalue weighted by molar-refractivity contribution is -0.157. The number of benzene rings is 1. The number of hydrogen-bond donors (Lipinski definition) is 8. The largest absolute Gasteiger partial charge is 0.504 e. The van der Waals surface area contributed by atoms with Crippen LogP contribution in [0.15, 0.2) is 46.0 Å². The second-order valence-corrected chi connectivity index (χ2v) is 16.3. The fourth-order valence-electron chi connectivity index (χ4n) is 5.46. The highest BCUT2D eigenvalue weighted by atomic mass is 32.2. The number of aliphatic carboxylic acids is 1. The van der Waals surface area contributed by atoms with Crippen molar-refractivity contribution in [1.29, 1.82) is 0 Å². The van der Waals surface area contributed by atoms with Crippen molar-refractivity contribution in [2.75, 3.05) is 23.8 Å². The van der Waals surface area contributed by atoms with Crippen molar-refractivity contribution in [2.24, 2.45) is 10.6 Å². The van der Waals surface area contributed by atoms with Gasteiger partial charge >= 0.3 is 18.1 Å². The topological polar surface area (TPSA) is 313 Å². The van der Waals surface area contributed by atoms with Gasteiger partial charge in [0, 0.05) is 35.1 Å². The number of β-lactam (4-membered cyclic amide) rings is 1. The minimum absolute atomic E-state index is 0.0223. The Morgan fingerprint density at radius 3 is 2.46 bits per heavy atom. The fraction of sp³-hybridized carbons (Fsp3) is 0.312. The molecule has 2 fully saturated rings. The van der Waals surface area contributed by atoms with E-state index in [2.05, 4.69) is 36.4 Å². The molecule has 0 spiro atoms. The van der Waals surface area contributed by atoms with Crippen LogP contribution in [0.1, 0.15) is 46.0 Å². The number of oxime groups is 1.